The predicted octanol–water partition coefficient (Wildman–Crippen LogP) is 3.22. The van der Waals surface area contributed by atoms with Crippen molar-refractivity contribution in [1.29, 1.82) is 0 Å². The van der Waals surface area contributed by atoms with Crippen molar-refractivity contribution in [3.8, 4) is 5.06 Å². The van der Waals surface area contributed by atoms with E-state index in [1.165, 1.54) is 15.6 Å². The number of hydrogen-bond donors (Lipinski definition) is 0. The largest absolute Gasteiger partial charge is 0.487 e. The molecule has 0 atom stereocenters. The first kappa shape index (κ1) is 7.62. The van der Waals surface area contributed by atoms with Crippen LogP contribution in [0.5, 0.6) is 5.06 Å². The second-order valence-electron chi connectivity index (χ2n) is 2.71. The van der Waals surface area contributed by atoms with Crippen LogP contribution in [0.1, 0.15) is 5.56 Å². The predicted molar refractivity (Wildman–Crippen MR) is 53.1 cm³/mol. The number of rotatable bonds is 1. The lowest BCUT2D eigenvalue weighted by Crippen LogP contribution is -1.78. The van der Waals surface area contributed by atoms with Crippen LogP contribution in [0.15, 0.2) is 24.3 Å². The molecule has 0 N–H and O–H groups in total. The summed E-state index contributed by atoms with van der Waals surface area (Å²) in [6.07, 6.45) is 0. The topological polar surface area (TPSA) is 9.23 Å². The molecule has 62 valence electrons. The summed E-state index contributed by atoms with van der Waals surface area (Å²) in [7, 11) is 1.72. The molecular formula is C10H10OS. The third-order valence-electron chi connectivity index (χ3n) is 1.99. The quantitative estimate of drug-likeness (QED) is 0.651. The number of methoxy groups -OCH3 is 1. The Bertz CT molecular complexity index is 403. The first-order valence-corrected chi connectivity index (χ1v) is 4.66. The lowest BCUT2D eigenvalue weighted by atomic mass is 10.2. The summed E-state index contributed by atoms with van der Waals surface area (Å²) in [4.78, 5) is 0. The van der Waals surface area contributed by atoms with Crippen LogP contribution in [0.3, 0.4) is 0 Å². The fourth-order valence-corrected chi connectivity index (χ4v) is 2.37. The highest BCUT2D eigenvalue weighted by Crippen LogP contribution is 2.36. The molecule has 1 aromatic carbocycles. The van der Waals surface area contributed by atoms with E-state index in [0.717, 1.165) is 5.06 Å². The number of aryl methyl sites for hydroxylation is 1. The molecule has 1 nitrogen and oxygen atoms in total. The Morgan fingerprint density at radius 1 is 1.25 bits per heavy atom. The lowest BCUT2D eigenvalue weighted by molar-refractivity contribution is 0.425. The monoisotopic (exact) mass is 178 g/mol. The van der Waals surface area contributed by atoms with E-state index in [2.05, 4.69) is 31.2 Å². The maximum Gasteiger partial charge on any atom is 0.177 e. The van der Waals surface area contributed by atoms with Crippen LogP contribution < -0.4 is 4.74 Å². The van der Waals surface area contributed by atoms with Crippen LogP contribution in [0.2, 0.25) is 0 Å². The summed E-state index contributed by atoms with van der Waals surface area (Å²) < 4.78 is 6.55. The second kappa shape index (κ2) is 2.79. The number of fused-ring (bicyclic) bond motifs is 1. The highest BCUT2D eigenvalue weighted by Gasteiger charge is 2.06. The van der Waals surface area contributed by atoms with Gasteiger partial charge in [-0.3, -0.25) is 0 Å². The van der Waals surface area contributed by atoms with Crippen LogP contribution >= 0.6 is 11.3 Å². The van der Waals surface area contributed by atoms with E-state index in [4.69, 9.17) is 4.74 Å². The SMILES string of the molecule is COc1sc2ccccc2c1C. The average Bonchev–Trinajstić information content (AvgIpc) is 2.44. The first-order valence-electron chi connectivity index (χ1n) is 3.85. The first-order chi connectivity index (χ1) is 5.83. The molecule has 0 aliphatic heterocycles. The number of benzene rings is 1. The Labute approximate surface area is 75.6 Å². The molecule has 0 bridgehead atoms. The standard InChI is InChI=1S/C10H10OS/c1-7-8-5-3-4-6-9(8)12-10(7)11-2/h3-6H,1-2H3. The molecule has 0 saturated heterocycles. The van der Waals surface area contributed by atoms with E-state index >= 15 is 0 Å². The van der Waals surface area contributed by atoms with Crippen LogP contribution in [-0.4, -0.2) is 7.11 Å². The van der Waals surface area contributed by atoms with E-state index in [-0.39, 0.29) is 0 Å². The Morgan fingerprint density at radius 3 is 2.67 bits per heavy atom. The highest BCUT2D eigenvalue weighted by atomic mass is 32.1. The molecule has 0 aliphatic carbocycles. The van der Waals surface area contributed by atoms with Crippen LogP contribution in [0, 0.1) is 6.92 Å². The zero-order valence-electron chi connectivity index (χ0n) is 7.13. The van der Waals surface area contributed by atoms with E-state index < -0.39 is 0 Å². The molecule has 0 unspecified atom stereocenters. The van der Waals surface area contributed by atoms with Gasteiger partial charge in [0.1, 0.15) is 0 Å². The van der Waals surface area contributed by atoms with Gasteiger partial charge in [-0.2, -0.15) is 0 Å². The zero-order valence-corrected chi connectivity index (χ0v) is 7.94. The van der Waals surface area contributed by atoms with Crippen molar-refractivity contribution in [3.63, 3.8) is 0 Å². The molecule has 2 aromatic rings. The Morgan fingerprint density at radius 2 is 2.00 bits per heavy atom. The van der Waals surface area contributed by atoms with Crippen molar-refractivity contribution >= 4 is 21.4 Å². The zero-order chi connectivity index (χ0) is 8.55. The molecule has 1 heterocycles. The van der Waals surface area contributed by atoms with Crippen LogP contribution in [0.25, 0.3) is 10.1 Å². The van der Waals surface area contributed by atoms with Gasteiger partial charge in [-0.1, -0.05) is 29.5 Å². The third kappa shape index (κ3) is 0.994. The van der Waals surface area contributed by atoms with Gasteiger partial charge in [-0.25, -0.2) is 0 Å². The van der Waals surface area contributed by atoms with Crippen molar-refractivity contribution in [3.05, 3.63) is 29.8 Å². The summed E-state index contributed by atoms with van der Waals surface area (Å²) in [5.41, 5.74) is 1.25. The Hall–Kier alpha value is -1.02. The molecule has 2 heteroatoms. The van der Waals surface area contributed by atoms with Gasteiger partial charge in [-0.15, -0.1) is 0 Å². The van der Waals surface area contributed by atoms with Gasteiger partial charge >= 0.3 is 0 Å². The molecule has 0 radical (unpaired) electrons. The molecule has 0 amide bonds. The van der Waals surface area contributed by atoms with Crippen molar-refractivity contribution < 1.29 is 4.74 Å². The minimum Gasteiger partial charge on any atom is -0.487 e. The van der Waals surface area contributed by atoms with Crippen molar-refractivity contribution in [1.82, 2.24) is 0 Å². The molecule has 0 aliphatic rings. The van der Waals surface area contributed by atoms with E-state index in [1.54, 1.807) is 18.4 Å². The fraction of sp³-hybridized carbons (Fsp3) is 0.200. The van der Waals surface area contributed by atoms with E-state index in [9.17, 15) is 0 Å². The lowest BCUT2D eigenvalue weighted by Gasteiger charge is -1.93. The number of thiophene rings is 1. The van der Waals surface area contributed by atoms with Crippen LogP contribution in [0.4, 0.5) is 0 Å². The van der Waals surface area contributed by atoms with Gasteiger partial charge in [0.25, 0.3) is 0 Å². The Balaban J connectivity index is 2.78. The van der Waals surface area contributed by atoms with Gasteiger partial charge in [0, 0.05) is 10.3 Å². The molecular weight excluding hydrogens is 168 g/mol. The molecule has 2 rings (SSSR count). The maximum atomic E-state index is 5.25. The van der Waals surface area contributed by atoms with Crippen LogP contribution in [-0.2, 0) is 0 Å². The van der Waals surface area contributed by atoms with Gasteiger partial charge in [0.2, 0.25) is 0 Å². The van der Waals surface area contributed by atoms with Gasteiger partial charge in [0.15, 0.2) is 5.06 Å². The van der Waals surface area contributed by atoms with Gasteiger partial charge < -0.3 is 4.74 Å². The molecule has 0 spiro atoms. The Kier molecular flexibility index (Phi) is 1.77. The normalized spacial score (nSPS) is 10.5. The molecule has 0 fully saturated rings. The van der Waals surface area contributed by atoms with Crippen molar-refractivity contribution in [2.75, 3.05) is 7.11 Å². The maximum absolute atomic E-state index is 5.25. The fourth-order valence-electron chi connectivity index (χ4n) is 1.35. The molecule has 1 aromatic heterocycles. The number of hydrogen-bond acceptors (Lipinski definition) is 2. The minimum atomic E-state index is 1.02. The van der Waals surface area contributed by atoms with Gasteiger partial charge in [0.05, 0.1) is 7.11 Å². The second-order valence-corrected chi connectivity index (χ2v) is 3.73. The average molecular weight is 178 g/mol. The summed E-state index contributed by atoms with van der Waals surface area (Å²) >= 11 is 1.70. The van der Waals surface area contributed by atoms with Crippen molar-refractivity contribution in [2.45, 2.75) is 6.92 Å². The van der Waals surface area contributed by atoms with Crippen molar-refractivity contribution in [2.24, 2.45) is 0 Å². The minimum absolute atomic E-state index is 1.02. The highest BCUT2D eigenvalue weighted by molar-refractivity contribution is 7.21. The third-order valence-corrected chi connectivity index (χ3v) is 3.22. The summed E-state index contributed by atoms with van der Waals surface area (Å²) in [6, 6.07) is 8.36. The van der Waals surface area contributed by atoms with E-state index in [1.807, 2.05) is 0 Å². The summed E-state index contributed by atoms with van der Waals surface area (Å²) in [5, 5.41) is 2.33. The van der Waals surface area contributed by atoms with Gasteiger partial charge in [-0.05, 0) is 18.4 Å². The summed E-state index contributed by atoms with van der Waals surface area (Å²) in [6.45, 7) is 2.09. The number of ether oxygens (including phenoxy) is 1. The molecule has 12 heavy (non-hydrogen) atoms. The molecule has 0 saturated carbocycles. The smallest absolute Gasteiger partial charge is 0.177 e. The summed E-state index contributed by atoms with van der Waals surface area (Å²) in [5.74, 6) is 0. The van der Waals surface area contributed by atoms with E-state index in [0.29, 0.717) is 0 Å².